The average molecular weight is 207 g/mol. The lowest BCUT2D eigenvalue weighted by molar-refractivity contribution is -0.115. The molecule has 0 aromatic heterocycles. The second-order valence-electron chi connectivity index (χ2n) is 2.34. The summed E-state index contributed by atoms with van der Waals surface area (Å²) in [7, 11) is 0. The molecule has 0 aliphatic rings. The summed E-state index contributed by atoms with van der Waals surface area (Å²) in [6, 6.07) is 1.89. The van der Waals surface area contributed by atoms with Gasteiger partial charge in [-0.05, 0) is 12.1 Å². The number of halogens is 3. The molecule has 0 amide bonds. The molecule has 13 heavy (non-hydrogen) atoms. The summed E-state index contributed by atoms with van der Waals surface area (Å²) >= 11 is 5.45. The summed E-state index contributed by atoms with van der Waals surface area (Å²) in [5.74, 6) is -2.45. The minimum absolute atomic E-state index is 0.0731. The maximum atomic E-state index is 12.9. The van der Waals surface area contributed by atoms with E-state index in [1.807, 2.05) is 0 Å². The van der Waals surface area contributed by atoms with Gasteiger partial charge in [-0.3, -0.25) is 0 Å². The molecule has 1 aromatic rings. The number of aldehydes is 1. The molecule has 0 aliphatic carbocycles. The molecule has 0 radical (unpaired) electrons. The number of hydrogen-bond donors (Lipinski definition) is 1. The summed E-state index contributed by atoms with van der Waals surface area (Å²) < 4.78 is 25.5. The van der Waals surface area contributed by atoms with Crippen LogP contribution in [-0.2, 0) is 4.79 Å². The standard InChI is InChI=1S/C8H5ClF2O2/c9-4-1-2-5(10)8(11)7(4)6(13)3-12/h1-3,6,13H. The molecule has 0 heterocycles. The minimum Gasteiger partial charge on any atom is -0.381 e. The van der Waals surface area contributed by atoms with Crippen LogP contribution in [0.2, 0.25) is 5.02 Å². The average Bonchev–Trinajstić information content (AvgIpc) is 2.12. The van der Waals surface area contributed by atoms with E-state index in [1.54, 1.807) is 0 Å². The van der Waals surface area contributed by atoms with Crippen molar-refractivity contribution in [3.8, 4) is 0 Å². The van der Waals surface area contributed by atoms with Crippen molar-refractivity contribution in [1.82, 2.24) is 0 Å². The van der Waals surface area contributed by atoms with Gasteiger partial charge in [-0.15, -0.1) is 0 Å². The first-order valence-electron chi connectivity index (χ1n) is 3.34. The molecule has 0 bridgehead atoms. The Balaban J connectivity index is 3.32. The van der Waals surface area contributed by atoms with Crippen molar-refractivity contribution in [3.63, 3.8) is 0 Å². The van der Waals surface area contributed by atoms with E-state index in [0.29, 0.717) is 0 Å². The summed E-state index contributed by atoms with van der Waals surface area (Å²) in [4.78, 5) is 10.1. The van der Waals surface area contributed by atoms with Crippen molar-refractivity contribution < 1.29 is 18.7 Å². The Morgan fingerprint density at radius 2 is 2.08 bits per heavy atom. The molecule has 70 valence electrons. The minimum atomic E-state index is -1.73. The van der Waals surface area contributed by atoms with Crippen molar-refractivity contribution in [1.29, 1.82) is 0 Å². The van der Waals surface area contributed by atoms with E-state index in [0.717, 1.165) is 12.1 Å². The van der Waals surface area contributed by atoms with E-state index in [2.05, 4.69) is 0 Å². The van der Waals surface area contributed by atoms with Gasteiger partial charge in [-0.2, -0.15) is 0 Å². The van der Waals surface area contributed by atoms with Gasteiger partial charge in [-0.1, -0.05) is 11.6 Å². The van der Waals surface area contributed by atoms with Gasteiger partial charge in [0.2, 0.25) is 0 Å². The van der Waals surface area contributed by atoms with E-state index >= 15 is 0 Å². The normalized spacial score (nSPS) is 12.6. The molecule has 0 spiro atoms. The monoisotopic (exact) mass is 206 g/mol. The van der Waals surface area contributed by atoms with Crippen LogP contribution in [0.1, 0.15) is 11.7 Å². The molecular formula is C8H5ClF2O2. The van der Waals surface area contributed by atoms with Gasteiger partial charge >= 0.3 is 0 Å². The number of hydrogen-bond acceptors (Lipinski definition) is 2. The lowest BCUT2D eigenvalue weighted by atomic mass is 10.1. The van der Waals surface area contributed by atoms with Crippen molar-refractivity contribution in [3.05, 3.63) is 34.4 Å². The zero-order valence-corrected chi connectivity index (χ0v) is 7.05. The van der Waals surface area contributed by atoms with Gasteiger partial charge in [0.05, 0.1) is 0 Å². The molecule has 0 saturated heterocycles. The van der Waals surface area contributed by atoms with Gasteiger partial charge in [0.15, 0.2) is 17.9 Å². The topological polar surface area (TPSA) is 37.3 Å². The molecule has 2 nitrogen and oxygen atoms in total. The van der Waals surface area contributed by atoms with Crippen LogP contribution < -0.4 is 0 Å². The van der Waals surface area contributed by atoms with Gasteiger partial charge in [0.1, 0.15) is 6.10 Å². The smallest absolute Gasteiger partial charge is 0.166 e. The summed E-state index contributed by atoms with van der Waals surface area (Å²) in [6.45, 7) is 0. The Morgan fingerprint density at radius 1 is 1.46 bits per heavy atom. The molecule has 0 aliphatic heterocycles. The third-order valence-electron chi connectivity index (χ3n) is 1.50. The van der Waals surface area contributed by atoms with Crippen LogP contribution in [0.4, 0.5) is 8.78 Å². The molecule has 1 atom stereocenters. The van der Waals surface area contributed by atoms with Crippen LogP contribution in [-0.4, -0.2) is 11.4 Å². The number of carbonyl (C=O) groups excluding carboxylic acids is 1. The lowest BCUT2D eigenvalue weighted by Crippen LogP contribution is -2.04. The summed E-state index contributed by atoms with van der Waals surface area (Å²) in [5, 5.41) is 8.77. The highest BCUT2D eigenvalue weighted by Gasteiger charge is 2.18. The number of rotatable bonds is 2. The Hall–Kier alpha value is -1.00. The Labute approximate surface area is 77.8 Å². The fourth-order valence-corrected chi connectivity index (χ4v) is 1.14. The second kappa shape index (κ2) is 3.81. The largest absolute Gasteiger partial charge is 0.381 e. The number of aliphatic hydroxyl groups excluding tert-OH is 1. The van der Waals surface area contributed by atoms with Crippen LogP contribution in [0.15, 0.2) is 12.1 Å². The van der Waals surface area contributed by atoms with Crippen molar-refractivity contribution >= 4 is 17.9 Å². The first kappa shape index (κ1) is 10.1. The highest BCUT2D eigenvalue weighted by Crippen LogP contribution is 2.26. The first-order valence-corrected chi connectivity index (χ1v) is 3.72. The molecule has 5 heteroatoms. The molecule has 1 N–H and O–H groups in total. The van der Waals surface area contributed by atoms with E-state index in [1.165, 1.54) is 0 Å². The number of aliphatic hydroxyl groups is 1. The molecule has 1 unspecified atom stereocenters. The van der Waals surface area contributed by atoms with Crippen LogP contribution >= 0.6 is 11.6 Å². The maximum Gasteiger partial charge on any atom is 0.166 e. The highest BCUT2D eigenvalue weighted by atomic mass is 35.5. The Morgan fingerprint density at radius 3 is 2.62 bits per heavy atom. The van der Waals surface area contributed by atoms with Crippen LogP contribution in [0, 0.1) is 11.6 Å². The lowest BCUT2D eigenvalue weighted by Gasteiger charge is -2.07. The number of carbonyl (C=O) groups is 1. The van der Waals surface area contributed by atoms with Gasteiger partial charge in [0.25, 0.3) is 0 Å². The molecular weight excluding hydrogens is 202 g/mol. The van der Waals surface area contributed by atoms with Crippen LogP contribution in [0.3, 0.4) is 0 Å². The van der Waals surface area contributed by atoms with Crippen LogP contribution in [0.25, 0.3) is 0 Å². The van der Waals surface area contributed by atoms with Gasteiger partial charge < -0.3 is 9.90 Å². The first-order chi connectivity index (χ1) is 6.07. The van der Waals surface area contributed by atoms with Gasteiger partial charge in [0, 0.05) is 10.6 Å². The zero-order chi connectivity index (χ0) is 10.0. The highest BCUT2D eigenvalue weighted by molar-refractivity contribution is 6.31. The predicted octanol–water partition coefficient (Wildman–Crippen LogP) is 1.85. The molecule has 0 saturated carbocycles. The fourth-order valence-electron chi connectivity index (χ4n) is 0.882. The van der Waals surface area contributed by atoms with E-state index in [-0.39, 0.29) is 11.3 Å². The number of benzene rings is 1. The van der Waals surface area contributed by atoms with Gasteiger partial charge in [-0.25, -0.2) is 8.78 Å². The van der Waals surface area contributed by atoms with E-state index in [4.69, 9.17) is 16.7 Å². The molecule has 0 fully saturated rings. The quantitative estimate of drug-likeness (QED) is 0.592. The maximum absolute atomic E-state index is 12.9. The zero-order valence-electron chi connectivity index (χ0n) is 6.30. The third-order valence-corrected chi connectivity index (χ3v) is 1.83. The Kier molecular flexibility index (Phi) is 2.95. The molecule has 1 aromatic carbocycles. The van der Waals surface area contributed by atoms with Crippen molar-refractivity contribution in [2.24, 2.45) is 0 Å². The summed E-state index contributed by atoms with van der Waals surface area (Å²) in [5.41, 5.74) is -0.531. The predicted molar refractivity (Wildman–Crippen MR) is 42.4 cm³/mol. The Bertz CT molecular complexity index is 341. The van der Waals surface area contributed by atoms with E-state index < -0.39 is 23.3 Å². The fraction of sp³-hybridized carbons (Fsp3) is 0.125. The third kappa shape index (κ3) is 1.84. The van der Waals surface area contributed by atoms with Crippen LogP contribution in [0.5, 0.6) is 0 Å². The SMILES string of the molecule is O=CC(O)c1c(Cl)ccc(F)c1F. The van der Waals surface area contributed by atoms with E-state index in [9.17, 15) is 13.6 Å². The molecule has 1 rings (SSSR count). The summed E-state index contributed by atoms with van der Waals surface area (Å²) in [6.07, 6.45) is -1.66. The second-order valence-corrected chi connectivity index (χ2v) is 2.74. The van der Waals surface area contributed by atoms with Crippen molar-refractivity contribution in [2.45, 2.75) is 6.10 Å². The van der Waals surface area contributed by atoms with Crippen molar-refractivity contribution in [2.75, 3.05) is 0 Å².